The Morgan fingerprint density at radius 2 is 2.27 bits per heavy atom. The van der Waals surface area contributed by atoms with Gasteiger partial charge in [0.05, 0.1) is 36.6 Å². The molecule has 138 valence electrons. The average Bonchev–Trinajstić information content (AvgIpc) is 3.29. The molecule has 0 unspecified atom stereocenters. The second kappa shape index (κ2) is 7.55. The summed E-state index contributed by atoms with van der Waals surface area (Å²) in [5, 5.41) is 6.98. The summed E-state index contributed by atoms with van der Waals surface area (Å²) >= 11 is 0. The molecule has 1 amide bonds. The minimum Gasteiger partial charge on any atom is -0.373 e. The van der Waals surface area contributed by atoms with Gasteiger partial charge in [-0.25, -0.2) is 0 Å². The van der Waals surface area contributed by atoms with Crippen LogP contribution in [-0.2, 0) is 22.6 Å². The van der Waals surface area contributed by atoms with Gasteiger partial charge in [-0.2, -0.15) is 0 Å². The number of aromatic nitrogens is 2. The monoisotopic (exact) mass is 356 g/mol. The first-order valence-corrected chi connectivity index (χ1v) is 9.12. The molecule has 2 aliphatic heterocycles. The first-order chi connectivity index (χ1) is 12.7. The standard InChI is InChI=1S/C19H24N4O3/c1-13-6-16(22-26-13)11-23-10-14-7-17(25-18(14)12-23)8-19(24)21-9-15-4-2-3-5-20-15/h2-6,14,17-18H,7-12H2,1H3,(H,21,24)/t14-,17-,18+/m0/s1. The highest BCUT2D eigenvalue weighted by Gasteiger charge is 2.42. The van der Waals surface area contributed by atoms with E-state index < -0.39 is 0 Å². The number of carbonyl (C=O) groups excluding carboxylic acids is 1. The SMILES string of the molecule is Cc1cc(CN2C[C@@H]3C[C@@H](CC(=O)NCc4ccccn4)O[C@@H]3C2)no1. The van der Waals surface area contributed by atoms with Crippen molar-refractivity contribution in [3.05, 3.63) is 47.6 Å². The first-order valence-electron chi connectivity index (χ1n) is 9.12. The summed E-state index contributed by atoms with van der Waals surface area (Å²) in [5.74, 6) is 1.36. The summed E-state index contributed by atoms with van der Waals surface area (Å²) in [6.07, 6.45) is 3.33. The maximum absolute atomic E-state index is 12.2. The molecule has 0 saturated carbocycles. The molecule has 0 aliphatic carbocycles. The molecular formula is C19H24N4O3. The Bertz CT molecular complexity index is 734. The molecule has 0 aromatic carbocycles. The van der Waals surface area contributed by atoms with Gasteiger partial charge in [0.25, 0.3) is 0 Å². The number of nitrogens with zero attached hydrogens (tertiary/aromatic N) is 3. The molecule has 7 nitrogen and oxygen atoms in total. The van der Waals surface area contributed by atoms with Crippen LogP contribution in [0.1, 0.15) is 30.0 Å². The Labute approximate surface area is 152 Å². The molecule has 4 rings (SSSR count). The minimum absolute atomic E-state index is 0.0187. The zero-order valence-corrected chi connectivity index (χ0v) is 14.9. The van der Waals surface area contributed by atoms with Gasteiger partial charge in [0, 0.05) is 37.8 Å². The lowest BCUT2D eigenvalue weighted by atomic mass is 10.0. The second-order valence-electron chi connectivity index (χ2n) is 7.22. The fraction of sp³-hybridized carbons (Fsp3) is 0.526. The van der Waals surface area contributed by atoms with E-state index in [9.17, 15) is 4.79 Å². The van der Waals surface area contributed by atoms with Crippen LogP contribution in [0.4, 0.5) is 0 Å². The number of pyridine rings is 1. The molecule has 2 saturated heterocycles. The van der Waals surface area contributed by atoms with Crippen LogP contribution in [-0.4, -0.2) is 46.2 Å². The Balaban J connectivity index is 1.20. The van der Waals surface area contributed by atoms with Gasteiger partial charge in [0.15, 0.2) is 0 Å². The number of amides is 1. The third-order valence-corrected chi connectivity index (χ3v) is 5.06. The third kappa shape index (κ3) is 4.11. The minimum atomic E-state index is 0.0187. The van der Waals surface area contributed by atoms with Crippen LogP contribution in [0.5, 0.6) is 0 Å². The van der Waals surface area contributed by atoms with Gasteiger partial charge in [0.2, 0.25) is 5.91 Å². The largest absolute Gasteiger partial charge is 0.373 e. The maximum Gasteiger partial charge on any atom is 0.222 e. The fourth-order valence-electron chi connectivity index (χ4n) is 3.90. The van der Waals surface area contributed by atoms with Crippen molar-refractivity contribution in [3.8, 4) is 0 Å². The van der Waals surface area contributed by atoms with Gasteiger partial charge < -0.3 is 14.6 Å². The van der Waals surface area contributed by atoms with E-state index in [1.54, 1.807) is 6.20 Å². The molecule has 4 heterocycles. The lowest BCUT2D eigenvalue weighted by molar-refractivity contribution is -0.124. The van der Waals surface area contributed by atoms with Crippen LogP contribution in [0.25, 0.3) is 0 Å². The van der Waals surface area contributed by atoms with Crippen molar-refractivity contribution in [1.82, 2.24) is 20.4 Å². The fourth-order valence-corrected chi connectivity index (χ4v) is 3.90. The predicted molar refractivity (Wildman–Crippen MR) is 94.0 cm³/mol. The maximum atomic E-state index is 12.2. The van der Waals surface area contributed by atoms with E-state index in [-0.39, 0.29) is 18.1 Å². The molecule has 0 bridgehead atoms. The van der Waals surface area contributed by atoms with Crippen molar-refractivity contribution < 1.29 is 14.1 Å². The smallest absolute Gasteiger partial charge is 0.222 e. The molecule has 3 atom stereocenters. The third-order valence-electron chi connectivity index (χ3n) is 5.06. The summed E-state index contributed by atoms with van der Waals surface area (Å²) in [6.45, 7) is 5.04. The van der Waals surface area contributed by atoms with Gasteiger partial charge in [-0.3, -0.25) is 14.7 Å². The molecule has 2 fully saturated rings. The number of nitrogens with one attached hydrogen (secondary N) is 1. The molecule has 2 aliphatic rings. The number of aryl methyl sites for hydroxylation is 1. The Hall–Kier alpha value is -2.25. The van der Waals surface area contributed by atoms with Gasteiger partial charge in [0.1, 0.15) is 5.76 Å². The summed E-state index contributed by atoms with van der Waals surface area (Å²) in [5.41, 5.74) is 1.83. The van der Waals surface area contributed by atoms with Crippen molar-refractivity contribution in [2.75, 3.05) is 13.1 Å². The van der Waals surface area contributed by atoms with E-state index in [2.05, 4.69) is 20.4 Å². The summed E-state index contributed by atoms with van der Waals surface area (Å²) in [7, 11) is 0. The Morgan fingerprint density at radius 1 is 1.35 bits per heavy atom. The normalized spacial score (nSPS) is 25.3. The Morgan fingerprint density at radius 3 is 3.00 bits per heavy atom. The van der Waals surface area contributed by atoms with Crippen LogP contribution in [0.2, 0.25) is 0 Å². The van der Waals surface area contributed by atoms with Gasteiger partial charge in [-0.1, -0.05) is 11.2 Å². The van der Waals surface area contributed by atoms with E-state index in [1.165, 1.54) is 0 Å². The quantitative estimate of drug-likeness (QED) is 0.848. The molecule has 0 spiro atoms. The van der Waals surface area contributed by atoms with Crippen molar-refractivity contribution in [2.45, 2.75) is 45.1 Å². The molecule has 1 N–H and O–H groups in total. The van der Waals surface area contributed by atoms with Crippen molar-refractivity contribution in [1.29, 1.82) is 0 Å². The van der Waals surface area contributed by atoms with Crippen LogP contribution in [0.3, 0.4) is 0 Å². The zero-order valence-electron chi connectivity index (χ0n) is 14.9. The lowest BCUT2D eigenvalue weighted by Crippen LogP contribution is -2.29. The van der Waals surface area contributed by atoms with Crippen molar-refractivity contribution >= 4 is 5.91 Å². The van der Waals surface area contributed by atoms with Gasteiger partial charge in [-0.15, -0.1) is 0 Å². The highest BCUT2D eigenvalue weighted by Crippen LogP contribution is 2.34. The molecular weight excluding hydrogens is 332 g/mol. The van der Waals surface area contributed by atoms with E-state index in [0.29, 0.717) is 18.9 Å². The van der Waals surface area contributed by atoms with E-state index in [1.807, 2.05) is 31.2 Å². The van der Waals surface area contributed by atoms with E-state index in [0.717, 1.165) is 43.2 Å². The lowest BCUT2D eigenvalue weighted by Gasteiger charge is -2.17. The van der Waals surface area contributed by atoms with Crippen LogP contribution < -0.4 is 5.32 Å². The number of carbonyl (C=O) groups is 1. The number of rotatable bonds is 6. The molecule has 2 aromatic heterocycles. The van der Waals surface area contributed by atoms with E-state index >= 15 is 0 Å². The molecule has 7 heteroatoms. The topological polar surface area (TPSA) is 80.5 Å². The number of hydrogen-bond acceptors (Lipinski definition) is 6. The molecule has 26 heavy (non-hydrogen) atoms. The van der Waals surface area contributed by atoms with Crippen molar-refractivity contribution in [3.63, 3.8) is 0 Å². The average molecular weight is 356 g/mol. The highest BCUT2D eigenvalue weighted by molar-refractivity contribution is 5.76. The first kappa shape index (κ1) is 17.2. The predicted octanol–water partition coefficient (Wildman–Crippen LogP) is 1.67. The van der Waals surface area contributed by atoms with E-state index in [4.69, 9.17) is 9.26 Å². The number of hydrogen-bond donors (Lipinski definition) is 1. The zero-order chi connectivity index (χ0) is 17.9. The summed E-state index contributed by atoms with van der Waals surface area (Å²) in [6, 6.07) is 7.66. The van der Waals surface area contributed by atoms with Gasteiger partial charge >= 0.3 is 0 Å². The Kier molecular flexibility index (Phi) is 4.99. The summed E-state index contributed by atoms with van der Waals surface area (Å²) < 4.78 is 11.2. The van der Waals surface area contributed by atoms with Crippen molar-refractivity contribution in [2.24, 2.45) is 5.92 Å². The number of likely N-dealkylation sites (tertiary alicyclic amines) is 1. The number of ether oxygens (including phenoxy) is 1. The summed E-state index contributed by atoms with van der Waals surface area (Å²) in [4.78, 5) is 18.7. The molecule has 0 radical (unpaired) electrons. The van der Waals surface area contributed by atoms with Crippen LogP contribution >= 0.6 is 0 Å². The van der Waals surface area contributed by atoms with Crippen LogP contribution in [0, 0.1) is 12.8 Å². The number of fused-ring (bicyclic) bond motifs is 1. The van der Waals surface area contributed by atoms with Gasteiger partial charge in [-0.05, 0) is 25.5 Å². The highest BCUT2D eigenvalue weighted by atomic mass is 16.5. The van der Waals surface area contributed by atoms with Crippen LogP contribution in [0.15, 0.2) is 35.0 Å². The molecule has 2 aromatic rings. The second-order valence-corrected chi connectivity index (χ2v) is 7.22.